The predicted octanol–water partition coefficient (Wildman–Crippen LogP) is 5.08. The molecule has 328 valence electrons. The number of phenols is 3. The Hall–Kier alpha value is -4.67. The van der Waals surface area contributed by atoms with Crippen molar-refractivity contribution in [3.63, 3.8) is 0 Å². The van der Waals surface area contributed by atoms with Crippen LogP contribution < -0.4 is 10.1 Å². The van der Waals surface area contributed by atoms with Crippen LogP contribution in [0, 0.1) is 30.6 Å². The van der Waals surface area contributed by atoms with Crippen molar-refractivity contribution in [3.05, 3.63) is 52.8 Å². The number of allylic oxidation sites excluding steroid dienone is 2. The summed E-state index contributed by atoms with van der Waals surface area (Å²) in [5.74, 6) is -7.52. The number of nitrogens with one attached hydrogen (secondary N) is 1. The number of fused-ring (bicyclic) bond motifs is 14. The zero-order valence-corrected chi connectivity index (χ0v) is 35.9. The van der Waals surface area contributed by atoms with Crippen LogP contribution in [0.1, 0.15) is 88.7 Å². The number of Topliss-reactive ketones (excluding diaryl/α,β-unsaturated/α-hetero) is 1. The minimum absolute atomic E-state index is 0.0742. The highest BCUT2D eigenvalue weighted by Crippen LogP contribution is 2.55. The summed E-state index contributed by atoms with van der Waals surface area (Å²) in [4.78, 5) is 30.7. The van der Waals surface area contributed by atoms with Crippen LogP contribution in [0.3, 0.4) is 0 Å². The number of aliphatic hydroxyl groups excluding tert-OH is 3. The Labute approximate surface area is 351 Å². The van der Waals surface area contributed by atoms with E-state index in [1.165, 1.54) is 71.3 Å². The molecule has 2 aromatic carbocycles. The van der Waals surface area contributed by atoms with Gasteiger partial charge in [0.1, 0.15) is 17.2 Å². The third kappa shape index (κ3) is 8.47. The number of hydrazone groups is 1. The SMILES string of the molecule is CO[C@H]1/C=C\O[C@]2(C)Oc3c(C)c(O)c4c(O)c(c(/C=N\N5CCN(C6CCCC6)CC5)c(O)c4c3C2=O)NC(=O)/C(C)=C\C=C/[C@H](C)[C@H](O)[C@@H](C)[C@@H](O)[C@@H](C)[C@H](O)[C@@H]1C. The number of carbonyl (C=O) groups excluding carboxylic acids is 2. The van der Waals surface area contributed by atoms with Gasteiger partial charge < -0.3 is 50.2 Å². The summed E-state index contributed by atoms with van der Waals surface area (Å²) in [6.45, 7) is 14.1. The van der Waals surface area contributed by atoms with Crippen molar-refractivity contribution in [2.24, 2.45) is 28.8 Å². The Morgan fingerprint density at radius 2 is 1.50 bits per heavy atom. The Kier molecular flexibility index (Phi) is 13.6. The normalized spacial score (nSPS) is 33.5. The number of benzene rings is 2. The van der Waals surface area contributed by atoms with E-state index in [1.54, 1.807) is 46.8 Å². The summed E-state index contributed by atoms with van der Waals surface area (Å²) in [6, 6.07) is 0.561. The molecule has 5 aliphatic rings. The fourth-order valence-corrected chi connectivity index (χ4v) is 9.08. The molecule has 0 aromatic heterocycles. The molecule has 4 aliphatic heterocycles. The van der Waals surface area contributed by atoms with E-state index < -0.39 is 82.8 Å². The van der Waals surface area contributed by atoms with Crippen LogP contribution in [-0.4, -0.2) is 128 Å². The molecule has 0 unspecified atom stereocenters. The maximum Gasteiger partial charge on any atom is 0.312 e. The lowest BCUT2D eigenvalue weighted by Gasteiger charge is -2.36. The molecular formula is C45H62N4O11. The largest absolute Gasteiger partial charge is 0.507 e. The van der Waals surface area contributed by atoms with Crippen LogP contribution in [0.5, 0.6) is 23.0 Å². The fourth-order valence-electron chi connectivity index (χ4n) is 9.08. The Balaban J connectivity index is 1.46. The second-order valence-electron chi connectivity index (χ2n) is 17.2. The Morgan fingerprint density at radius 3 is 2.15 bits per heavy atom. The first-order valence-electron chi connectivity index (χ1n) is 21.0. The molecule has 2 fully saturated rings. The maximum absolute atomic E-state index is 14.4. The van der Waals surface area contributed by atoms with Gasteiger partial charge in [-0.25, -0.2) is 0 Å². The zero-order chi connectivity index (χ0) is 43.8. The second-order valence-corrected chi connectivity index (χ2v) is 17.2. The van der Waals surface area contributed by atoms with Gasteiger partial charge in [-0.15, -0.1) is 0 Å². The quantitative estimate of drug-likeness (QED) is 0.122. The van der Waals surface area contributed by atoms with E-state index in [4.69, 9.17) is 14.2 Å². The maximum atomic E-state index is 14.4. The molecule has 1 saturated carbocycles. The number of amides is 1. The van der Waals surface area contributed by atoms with Crippen LogP contribution in [0.4, 0.5) is 5.69 Å². The van der Waals surface area contributed by atoms with Crippen LogP contribution in [0.25, 0.3) is 10.8 Å². The predicted molar refractivity (Wildman–Crippen MR) is 227 cm³/mol. The van der Waals surface area contributed by atoms with Gasteiger partial charge in [-0.2, -0.15) is 5.10 Å². The Morgan fingerprint density at radius 1 is 0.867 bits per heavy atom. The molecule has 1 aliphatic carbocycles. The summed E-state index contributed by atoms with van der Waals surface area (Å²) in [5, 5.41) is 78.4. The number of ketones is 1. The molecule has 2 aromatic rings. The van der Waals surface area contributed by atoms with Gasteiger partial charge in [-0.05, 0) is 32.8 Å². The van der Waals surface area contributed by atoms with E-state index >= 15 is 0 Å². The number of carbonyl (C=O) groups is 2. The van der Waals surface area contributed by atoms with Gasteiger partial charge >= 0.3 is 5.79 Å². The number of piperazine rings is 1. The minimum Gasteiger partial charge on any atom is -0.507 e. The van der Waals surface area contributed by atoms with Gasteiger partial charge in [-0.1, -0.05) is 58.8 Å². The van der Waals surface area contributed by atoms with Crippen molar-refractivity contribution in [1.29, 1.82) is 0 Å². The van der Waals surface area contributed by atoms with Gasteiger partial charge in [0, 0.05) is 86.4 Å². The van der Waals surface area contributed by atoms with Crippen LogP contribution in [0.15, 0.2) is 41.2 Å². The minimum atomic E-state index is -2.01. The van der Waals surface area contributed by atoms with Crippen molar-refractivity contribution in [2.45, 2.75) is 110 Å². The summed E-state index contributed by atoms with van der Waals surface area (Å²) in [6.07, 6.45) is 9.71. The molecule has 0 spiro atoms. The lowest BCUT2D eigenvalue weighted by molar-refractivity contribution is -0.112. The van der Waals surface area contributed by atoms with Crippen molar-refractivity contribution < 1.29 is 54.4 Å². The lowest BCUT2D eigenvalue weighted by atomic mass is 9.78. The summed E-state index contributed by atoms with van der Waals surface area (Å²) in [5.41, 5.74) is -0.233. The van der Waals surface area contributed by atoms with Gasteiger partial charge in [0.15, 0.2) is 5.75 Å². The van der Waals surface area contributed by atoms with Crippen molar-refractivity contribution >= 4 is 34.4 Å². The molecule has 9 atom stereocenters. The molecule has 15 heteroatoms. The molecular weight excluding hydrogens is 773 g/mol. The van der Waals surface area contributed by atoms with Crippen LogP contribution in [-0.2, 0) is 14.3 Å². The van der Waals surface area contributed by atoms with Crippen molar-refractivity contribution in [3.8, 4) is 23.0 Å². The van der Waals surface area contributed by atoms with Gasteiger partial charge in [0.25, 0.3) is 11.7 Å². The fraction of sp³-hybridized carbons (Fsp3) is 0.578. The number of nitrogens with zero attached hydrogens (tertiary/aromatic N) is 3. The van der Waals surface area contributed by atoms with Crippen molar-refractivity contribution in [1.82, 2.24) is 9.91 Å². The highest BCUT2D eigenvalue weighted by atomic mass is 16.7. The molecule has 7 N–H and O–H groups in total. The van der Waals surface area contributed by atoms with Gasteiger partial charge in [0.05, 0.1) is 59.1 Å². The second kappa shape index (κ2) is 18.1. The standard InChI is InChI=1S/C45H62N4O11/c1-23-12-11-13-24(2)44(57)47-35-30(22-46-49-19-17-48(18-20-49)29-14-9-10-15-29)40(54)32-33(41(35)55)39(53)28(6)42-34(32)43(56)45(7,60-42)59-21-16-31(58-8)25(3)37(51)27(5)38(52)26(4)36(23)50/h11-13,16,21-23,25-27,29,31,36-38,50-55H,9-10,14-15,17-20H2,1-8H3,(H,47,57)/b12-11-,21-16-,24-13-,46-22-/t23-,25+,26+,27-,31-,36-,37+,38+,45+/m0/s1. The first kappa shape index (κ1) is 44.9. The molecule has 7 rings (SSSR count). The smallest absolute Gasteiger partial charge is 0.312 e. The molecule has 60 heavy (non-hydrogen) atoms. The van der Waals surface area contributed by atoms with Crippen LogP contribution >= 0.6 is 0 Å². The first-order chi connectivity index (χ1) is 28.4. The Bertz CT molecular complexity index is 2070. The monoisotopic (exact) mass is 834 g/mol. The number of hydrogen-bond donors (Lipinski definition) is 7. The number of aliphatic hydroxyl groups is 3. The molecule has 1 amide bonds. The number of anilines is 1. The lowest BCUT2D eigenvalue weighted by Crippen LogP contribution is -2.47. The summed E-state index contributed by atoms with van der Waals surface area (Å²) >= 11 is 0. The number of ether oxygens (including phenoxy) is 3. The van der Waals surface area contributed by atoms with Crippen molar-refractivity contribution in [2.75, 3.05) is 38.6 Å². The average molecular weight is 835 g/mol. The van der Waals surface area contributed by atoms with Gasteiger partial charge in [-0.3, -0.25) is 19.5 Å². The zero-order valence-electron chi connectivity index (χ0n) is 35.9. The number of rotatable bonds is 4. The van der Waals surface area contributed by atoms with Gasteiger partial charge in [0.2, 0.25) is 0 Å². The van der Waals surface area contributed by atoms with E-state index in [-0.39, 0.29) is 44.5 Å². The molecule has 4 heterocycles. The van der Waals surface area contributed by atoms with Crippen LogP contribution in [0.2, 0.25) is 0 Å². The molecule has 15 nitrogen and oxygen atoms in total. The number of phenolic OH excluding ortho intramolecular Hbond substituents is 3. The van der Waals surface area contributed by atoms with E-state index in [2.05, 4.69) is 15.3 Å². The molecule has 0 radical (unpaired) electrons. The molecule has 1 saturated heterocycles. The summed E-state index contributed by atoms with van der Waals surface area (Å²) in [7, 11) is 1.45. The average Bonchev–Trinajstić information content (AvgIpc) is 3.87. The number of aromatic hydroxyl groups is 3. The first-order valence-corrected chi connectivity index (χ1v) is 21.0. The van der Waals surface area contributed by atoms with E-state index in [0.29, 0.717) is 19.1 Å². The van der Waals surface area contributed by atoms with E-state index in [9.17, 15) is 40.2 Å². The topological polar surface area (TPSA) is 214 Å². The third-order valence-corrected chi connectivity index (χ3v) is 13.3. The van der Waals surface area contributed by atoms with E-state index in [0.717, 1.165) is 13.1 Å². The highest BCUT2D eigenvalue weighted by Gasteiger charge is 2.50. The highest BCUT2D eigenvalue weighted by molar-refractivity contribution is 6.23. The number of methoxy groups -OCH3 is 1. The molecule has 5 bridgehead atoms. The third-order valence-electron chi connectivity index (χ3n) is 13.3. The van der Waals surface area contributed by atoms with E-state index in [1.807, 2.05) is 5.01 Å². The number of hydrogen-bond acceptors (Lipinski definition) is 14. The summed E-state index contributed by atoms with van der Waals surface area (Å²) < 4.78 is 17.8.